The van der Waals surface area contributed by atoms with Crippen molar-refractivity contribution in [2.75, 3.05) is 27.2 Å². The highest BCUT2D eigenvalue weighted by atomic mass is 16.5. The third kappa shape index (κ3) is 3.67. The van der Waals surface area contributed by atoms with E-state index in [1.807, 2.05) is 54.3 Å². The Kier molecular flexibility index (Phi) is 5.17. The molecular formula is C24H28N2O3. The van der Waals surface area contributed by atoms with Crippen molar-refractivity contribution in [1.82, 2.24) is 9.80 Å². The van der Waals surface area contributed by atoms with E-state index in [1.165, 1.54) is 5.56 Å². The summed E-state index contributed by atoms with van der Waals surface area (Å²) in [6.45, 7) is 3.33. The molecule has 4 rings (SSSR count). The number of amides is 2. The summed E-state index contributed by atoms with van der Waals surface area (Å²) in [5.74, 6) is 0.114. The summed E-state index contributed by atoms with van der Waals surface area (Å²) in [6, 6.07) is 16.1. The number of carbonyl (C=O) groups is 2. The minimum Gasteiger partial charge on any atom is -0.352 e. The summed E-state index contributed by atoms with van der Waals surface area (Å²) < 4.78 is 6.41. The molecule has 0 aromatic heterocycles. The quantitative estimate of drug-likeness (QED) is 0.806. The van der Waals surface area contributed by atoms with Crippen molar-refractivity contribution >= 4 is 11.8 Å². The van der Waals surface area contributed by atoms with Crippen LogP contribution >= 0.6 is 0 Å². The molecule has 2 aliphatic heterocycles. The smallest absolute Gasteiger partial charge is 0.255 e. The van der Waals surface area contributed by atoms with Crippen LogP contribution in [0.2, 0.25) is 0 Å². The molecule has 0 N–H and O–H groups in total. The zero-order valence-electron chi connectivity index (χ0n) is 17.4. The van der Waals surface area contributed by atoms with Gasteiger partial charge in [-0.3, -0.25) is 9.59 Å². The van der Waals surface area contributed by atoms with Gasteiger partial charge in [-0.2, -0.15) is 0 Å². The summed E-state index contributed by atoms with van der Waals surface area (Å²) in [5.41, 5.74) is 3.82. The van der Waals surface area contributed by atoms with Gasteiger partial charge in [0.2, 0.25) is 5.91 Å². The molecule has 1 spiro atoms. The fraction of sp³-hybridized carbons (Fsp3) is 0.417. The molecule has 2 amide bonds. The van der Waals surface area contributed by atoms with Crippen LogP contribution in [0.3, 0.4) is 0 Å². The Bertz CT molecular complexity index is 912. The number of ether oxygens (including phenoxy) is 1. The van der Waals surface area contributed by atoms with Gasteiger partial charge in [0, 0.05) is 27.2 Å². The van der Waals surface area contributed by atoms with Gasteiger partial charge in [-0.15, -0.1) is 0 Å². The summed E-state index contributed by atoms with van der Waals surface area (Å²) in [6.07, 6.45) is 1.28. The molecule has 1 fully saturated rings. The van der Waals surface area contributed by atoms with Crippen LogP contribution in [0.15, 0.2) is 48.5 Å². The Morgan fingerprint density at radius 3 is 2.38 bits per heavy atom. The number of nitrogens with zero attached hydrogens (tertiary/aromatic N) is 2. The Balaban J connectivity index is 1.47. The van der Waals surface area contributed by atoms with E-state index in [9.17, 15) is 9.59 Å². The van der Waals surface area contributed by atoms with E-state index in [4.69, 9.17) is 4.74 Å². The second-order valence-electron chi connectivity index (χ2n) is 8.36. The number of hydrogen-bond donors (Lipinski definition) is 0. The van der Waals surface area contributed by atoms with E-state index in [2.05, 4.69) is 6.07 Å². The third-order valence-electron chi connectivity index (χ3n) is 6.14. The maximum absolute atomic E-state index is 12.8. The van der Waals surface area contributed by atoms with Crippen molar-refractivity contribution < 1.29 is 14.3 Å². The molecule has 1 atom stereocenters. The first kappa shape index (κ1) is 19.6. The van der Waals surface area contributed by atoms with Gasteiger partial charge in [0.25, 0.3) is 5.91 Å². The highest BCUT2D eigenvalue weighted by molar-refractivity contribution is 5.83. The number of carbonyl (C=O) groups excluding carboxylic acids is 2. The first-order valence-electron chi connectivity index (χ1n) is 10.2. The van der Waals surface area contributed by atoms with Gasteiger partial charge >= 0.3 is 0 Å². The molecule has 0 bridgehead atoms. The minimum atomic E-state index is -0.559. The molecule has 2 aromatic carbocycles. The van der Waals surface area contributed by atoms with Gasteiger partial charge in [-0.1, -0.05) is 54.1 Å². The van der Waals surface area contributed by atoms with Gasteiger partial charge in [-0.25, -0.2) is 0 Å². The number of piperidine rings is 1. The molecule has 0 radical (unpaired) electrons. The van der Waals surface area contributed by atoms with Gasteiger partial charge in [0.15, 0.2) is 6.10 Å². The lowest BCUT2D eigenvalue weighted by molar-refractivity contribution is -0.161. The number of benzene rings is 2. The second-order valence-corrected chi connectivity index (χ2v) is 8.36. The Hall–Kier alpha value is -2.66. The molecule has 152 valence electrons. The maximum atomic E-state index is 12.8. The van der Waals surface area contributed by atoms with Gasteiger partial charge < -0.3 is 14.5 Å². The number of aryl methyl sites for hydroxylation is 1. The van der Waals surface area contributed by atoms with Crippen LogP contribution in [-0.4, -0.2) is 48.8 Å². The Morgan fingerprint density at radius 1 is 1.07 bits per heavy atom. The fourth-order valence-electron chi connectivity index (χ4n) is 4.41. The van der Waals surface area contributed by atoms with Crippen LogP contribution < -0.4 is 0 Å². The summed E-state index contributed by atoms with van der Waals surface area (Å²) in [7, 11) is 3.51. The van der Waals surface area contributed by atoms with Crippen molar-refractivity contribution in [1.29, 1.82) is 0 Å². The predicted molar refractivity (Wildman–Crippen MR) is 111 cm³/mol. The molecule has 2 heterocycles. The van der Waals surface area contributed by atoms with Gasteiger partial charge in [-0.05, 0) is 36.5 Å². The molecule has 1 saturated heterocycles. The first-order chi connectivity index (χ1) is 13.9. The molecule has 0 aliphatic carbocycles. The highest BCUT2D eigenvalue weighted by Crippen LogP contribution is 2.49. The molecule has 0 saturated carbocycles. The zero-order chi connectivity index (χ0) is 20.6. The number of likely N-dealkylation sites (tertiary alicyclic amines) is 1. The lowest BCUT2D eigenvalue weighted by atomic mass is 9.83. The van der Waals surface area contributed by atoms with Crippen molar-refractivity contribution in [3.8, 4) is 0 Å². The average molecular weight is 392 g/mol. The molecule has 5 nitrogen and oxygen atoms in total. The highest BCUT2D eigenvalue weighted by Gasteiger charge is 2.49. The van der Waals surface area contributed by atoms with Gasteiger partial charge in [0.05, 0.1) is 12.0 Å². The average Bonchev–Trinajstić information content (AvgIpc) is 3.04. The van der Waals surface area contributed by atoms with Gasteiger partial charge in [0.1, 0.15) is 0 Å². The van der Waals surface area contributed by atoms with E-state index in [-0.39, 0.29) is 11.8 Å². The van der Waals surface area contributed by atoms with E-state index in [0.717, 1.165) is 16.7 Å². The summed E-state index contributed by atoms with van der Waals surface area (Å²) in [4.78, 5) is 29.0. The molecule has 0 unspecified atom stereocenters. The van der Waals surface area contributed by atoms with Crippen LogP contribution in [0.5, 0.6) is 0 Å². The lowest BCUT2D eigenvalue weighted by Gasteiger charge is -2.39. The normalized spacial score (nSPS) is 19.8. The standard InChI is InChI=1S/C24H28N2O3/c1-17-8-10-18(11-9-17)16-21(27)26-14-12-24(13-15-26)20-7-5-4-6-19(20)22(29-24)23(28)25(2)3/h4-11,22H,12-16H2,1-3H3/t22-/m0/s1. The summed E-state index contributed by atoms with van der Waals surface area (Å²) in [5, 5.41) is 0. The number of fused-ring (bicyclic) bond motifs is 2. The molecule has 2 aromatic rings. The Morgan fingerprint density at radius 2 is 1.72 bits per heavy atom. The van der Waals surface area contributed by atoms with Crippen molar-refractivity contribution in [2.45, 2.75) is 37.9 Å². The zero-order valence-corrected chi connectivity index (χ0v) is 17.4. The summed E-state index contributed by atoms with van der Waals surface area (Å²) >= 11 is 0. The third-order valence-corrected chi connectivity index (χ3v) is 6.14. The fourth-order valence-corrected chi connectivity index (χ4v) is 4.41. The predicted octanol–water partition coefficient (Wildman–Crippen LogP) is 3.21. The number of rotatable bonds is 3. The van der Waals surface area contributed by atoms with Crippen LogP contribution in [0.1, 0.15) is 41.2 Å². The second kappa shape index (κ2) is 7.64. The first-order valence-corrected chi connectivity index (χ1v) is 10.2. The van der Waals surface area contributed by atoms with Crippen LogP contribution in [0.25, 0.3) is 0 Å². The topological polar surface area (TPSA) is 49.9 Å². The van der Waals surface area contributed by atoms with E-state index >= 15 is 0 Å². The lowest BCUT2D eigenvalue weighted by Crippen LogP contribution is -2.46. The van der Waals surface area contributed by atoms with E-state index in [1.54, 1.807) is 19.0 Å². The molecule has 5 heteroatoms. The Labute approximate surface area is 172 Å². The van der Waals surface area contributed by atoms with Crippen LogP contribution in [0.4, 0.5) is 0 Å². The SMILES string of the molecule is Cc1ccc(CC(=O)N2CCC3(CC2)O[C@H](C(=O)N(C)C)c2ccccc23)cc1. The monoisotopic (exact) mass is 392 g/mol. The maximum Gasteiger partial charge on any atom is 0.255 e. The van der Waals surface area contributed by atoms with Crippen molar-refractivity contribution in [2.24, 2.45) is 0 Å². The van der Waals surface area contributed by atoms with Crippen molar-refractivity contribution in [3.63, 3.8) is 0 Å². The largest absolute Gasteiger partial charge is 0.352 e. The van der Waals surface area contributed by atoms with E-state index in [0.29, 0.717) is 32.4 Å². The minimum absolute atomic E-state index is 0.0350. The van der Waals surface area contributed by atoms with E-state index < -0.39 is 11.7 Å². The van der Waals surface area contributed by atoms with Crippen LogP contribution in [-0.2, 0) is 26.3 Å². The molecular weight excluding hydrogens is 364 g/mol. The van der Waals surface area contributed by atoms with Crippen LogP contribution in [0, 0.1) is 6.92 Å². The number of likely N-dealkylation sites (N-methyl/N-ethyl adjacent to an activating group) is 1. The number of hydrogen-bond acceptors (Lipinski definition) is 3. The molecule has 2 aliphatic rings. The molecule has 29 heavy (non-hydrogen) atoms. The van der Waals surface area contributed by atoms with Crippen molar-refractivity contribution in [3.05, 3.63) is 70.8 Å².